The molecular weight excluding hydrogens is 164 g/mol. The summed E-state index contributed by atoms with van der Waals surface area (Å²) in [5, 5.41) is 4.73. The maximum atomic E-state index is 2.36. The van der Waals surface area contributed by atoms with Gasteiger partial charge < -0.3 is 0 Å². The molecule has 2 unspecified atom stereocenters. The molecule has 1 saturated carbocycles. The summed E-state index contributed by atoms with van der Waals surface area (Å²) < 4.78 is 0. The van der Waals surface area contributed by atoms with Gasteiger partial charge in [-0.25, -0.2) is 0 Å². The summed E-state index contributed by atoms with van der Waals surface area (Å²) in [6.45, 7) is 0. The van der Waals surface area contributed by atoms with Crippen molar-refractivity contribution in [3.05, 3.63) is 21.9 Å². The van der Waals surface area contributed by atoms with E-state index in [2.05, 4.69) is 10.8 Å². The summed E-state index contributed by atoms with van der Waals surface area (Å²) >= 11 is 1.89. The standard InChI is InChI=1S/C11H14S/c1-2-8-4-10-6-12-7-11(10)5-9(8)3-1/h6-9H,1-5H2. The minimum Gasteiger partial charge on any atom is -0.152 e. The van der Waals surface area contributed by atoms with Crippen LogP contribution in [0.3, 0.4) is 0 Å². The van der Waals surface area contributed by atoms with E-state index in [4.69, 9.17) is 0 Å². The molecule has 0 bridgehead atoms. The molecule has 0 spiro atoms. The first kappa shape index (κ1) is 7.14. The fourth-order valence-electron chi connectivity index (χ4n) is 2.92. The molecule has 0 radical (unpaired) electrons. The summed E-state index contributed by atoms with van der Waals surface area (Å²) in [4.78, 5) is 0. The van der Waals surface area contributed by atoms with Crippen LogP contribution in [0.5, 0.6) is 0 Å². The van der Waals surface area contributed by atoms with Gasteiger partial charge in [-0.3, -0.25) is 0 Å². The van der Waals surface area contributed by atoms with Gasteiger partial charge in [0.05, 0.1) is 0 Å². The van der Waals surface area contributed by atoms with Crippen LogP contribution in [0.2, 0.25) is 0 Å². The Morgan fingerprint density at radius 3 is 2.17 bits per heavy atom. The van der Waals surface area contributed by atoms with Crippen LogP contribution in [-0.2, 0) is 12.8 Å². The highest BCUT2D eigenvalue weighted by molar-refractivity contribution is 7.08. The Morgan fingerprint density at radius 1 is 1.00 bits per heavy atom. The lowest BCUT2D eigenvalue weighted by Crippen LogP contribution is -2.19. The molecule has 0 aliphatic heterocycles. The van der Waals surface area contributed by atoms with Crippen molar-refractivity contribution in [1.29, 1.82) is 0 Å². The number of thiophene rings is 1. The van der Waals surface area contributed by atoms with Gasteiger partial charge in [0, 0.05) is 0 Å². The summed E-state index contributed by atoms with van der Waals surface area (Å²) in [6.07, 6.45) is 7.27. The van der Waals surface area contributed by atoms with E-state index in [0.717, 1.165) is 11.8 Å². The van der Waals surface area contributed by atoms with Crippen molar-refractivity contribution in [1.82, 2.24) is 0 Å². The van der Waals surface area contributed by atoms with Gasteiger partial charge in [0.25, 0.3) is 0 Å². The van der Waals surface area contributed by atoms with E-state index in [1.54, 1.807) is 11.1 Å². The zero-order chi connectivity index (χ0) is 7.97. The van der Waals surface area contributed by atoms with Crippen LogP contribution in [0.4, 0.5) is 0 Å². The summed E-state index contributed by atoms with van der Waals surface area (Å²) in [6, 6.07) is 0. The van der Waals surface area contributed by atoms with Gasteiger partial charge in [-0.15, -0.1) is 0 Å². The molecule has 0 aromatic carbocycles. The Bertz CT molecular complexity index is 260. The van der Waals surface area contributed by atoms with Gasteiger partial charge in [-0.2, -0.15) is 11.3 Å². The second kappa shape index (κ2) is 2.59. The molecule has 1 heterocycles. The van der Waals surface area contributed by atoms with Crippen LogP contribution in [-0.4, -0.2) is 0 Å². The maximum Gasteiger partial charge on any atom is -0.00583 e. The van der Waals surface area contributed by atoms with Crippen molar-refractivity contribution in [3.63, 3.8) is 0 Å². The smallest absolute Gasteiger partial charge is 0.00583 e. The molecule has 1 aromatic rings. The minimum atomic E-state index is 1.05. The quantitative estimate of drug-likeness (QED) is 0.572. The van der Waals surface area contributed by atoms with Gasteiger partial charge >= 0.3 is 0 Å². The van der Waals surface area contributed by atoms with Crippen molar-refractivity contribution < 1.29 is 0 Å². The highest BCUT2D eigenvalue weighted by Gasteiger charge is 2.32. The highest BCUT2D eigenvalue weighted by atomic mass is 32.1. The average Bonchev–Trinajstić information content (AvgIpc) is 2.64. The number of hydrogen-bond acceptors (Lipinski definition) is 1. The molecular formula is C11H14S. The maximum absolute atomic E-state index is 2.36. The van der Waals surface area contributed by atoms with E-state index in [1.165, 1.54) is 32.1 Å². The number of rotatable bonds is 0. The Balaban J connectivity index is 1.95. The lowest BCUT2D eigenvalue weighted by atomic mass is 9.80. The van der Waals surface area contributed by atoms with Gasteiger partial charge in [0.1, 0.15) is 0 Å². The largest absolute Gasteiger partial charge is 0.152 e. The predicted octanol–water partition coefficient (Wildman–Crippen LogP) is 3.26. The molecule has 2 atom stereocenters. The lowest BCUT2D eigenvalue weighted by molar-refractivity contribution is 0.362. The van der Waals surface area contributed by atoms with Crippen LogP contribution >= 0.6 is 11.3 Å². The number of fused-ring (bicyclic) bond motifs is 2. The Hall–Kier alpha value is -0.300. The number of hydrogen-bond donors (Lipinski definition) is 0. The zero-order valence-electron chi connectivity index (χ0n) is 7.25. The molecule has 0 N–H and O–H groups in total. The molecule has 12 heavy (non-hydrogen) atoms. The van der Waals surface area contributed by atoms with Crippen LogP contribution in [0.15, 0.2) is 10.8 Å². The monoisotopic (exact) mass is 178 g/mol. The van der Waals surface area contributed by atoms with E-state index >= 15 is 0 Å². The molecule has 0 saturated heterocycles. The molecule has 2 aliphatic rings. The van der Waals surface area contributed by atoms with E-state index in [9.17, 15) is 0 Å². The van der Waals surface area contributed by atoms with Crippen molar-refractivity contribution in [3.8, 4) is 0 Å². The van der Waals surface area contributed by atoms with E-state index < -0.39 is 0 Å². The van der Waals surface area contributed by atoms with Gasteiger partial charge in [0.2, 0.25) is 0 Å². The van der Waals surface area contributed by atoms with Gasteiger partial charge in [0.15, 0.2) is 0 Å². The summed E-state index contributed by atoms with van der Waals surface area (Å²) in [7, 11) is 0. The molecule has 1 fully saturated rings. The predicted molar refractivity (Wildman–Crippen MR) is 52.6 cm³/mol. The first-order chi connectivity index (χ1) is 5.93. The Morgan fingerprint density at radius 2 is 1.58 bits per heavy atom. The molecule has 64 valence electrons. The van der Waals surface area contributed by atoms with E-state index in [0.29, 0.717) is 0 Å². The Kier molecular flexibility index (Phi) is 1.54. The summed E-state index contributed by atoms with van der Waals surface area (Å²) in [5.41, 5.74) is 3.34. The first-order valence-electron chi connectivity index (χ1n) is 4.97. The second-order valence-corrected chi connectivity index (χ2v) is 5.03. The third kappa shape index (κ3) is 0.957. The average molecular weight is 178 g/mol. The van der Waals surface area contributed by atoms with Crippen molar-refractivity contribution in [2.24, 2.45) is 11.8 Å². The van der Waals surface area contributed by atoms with Crippen LogP contribution in [0.1, 0.15) is 30.4 Å². The van der Waals surface area contributed by atoms with Crippen LogP contribution in [0, 0.1) is 11.8 Å². The fourth-order valence-corrected chi connectivity index (χ4v) is 3.82. The molecule has 1 aromatic heterocycles. The Labute approximate surface area is 77.6 Å². The third-order valence-electron chi connectivity index (χ3n) is 3.61. The van der Waals surface area contributed by atoms with Crippen molar-refractivity contribution in [2.45, 2.75) is 32.1 Å². The van der Waals surface area contributed by atoms with Crippen LogP contribution in [0.25, 0.3) is 0 Å². The van der Waals surface area contributed by atoms with E-state index in [-0.39, 0.29) is 0 Å². The SMILES string of the molecule is c1scc2c1CC1CCCC1C2. The van der Waals surface area contributed by atoms with Crippen molar-refractivity contribution >= 4 is 11.3 Å². The normalized spacial score (nSPS) is 33.0. The van der Waals surface area contributed by atoms with E-state index in [1.807, 2.05) is 11.3 Å². The first-order valence-corrected chi connectivity index (χ1v) is 5.91. The highest BCUT2D eigenvalue weighted by Crippen LogP contribution is 2.41. The lowest BCUT2D eigenvalue weighted by Gasteiger charge is -2.25. The fraction of sp³-hybridized carbons (Fsp3) is 0.636. The summed E-state index contributed by atoms with van der Waals surface area (Å²) in [5.74, 6) is 2.10. The third-order valence-corrected chi connectivity index (χ3v) is 4.45. The van der Waals surface area contributed by atoms with Crippen LogP contribution < -0.4 is 0 Å². The molecule has 1 heteroatoms. The molecule has 0 nitrogen and oxygen atoms in total. The van der Waals surface area contributed by atoms with Gasteiger partial charge in [-0.1, -0.05) is 6.42 Å². The molecule has 2 aliphatic carbocycles. The zero-order valence-corrected chi connectivity index (χ0v) is 8.07. The molecule has 3 rings (SSSR count). The van der Waals surface area contributed by atoms with Crippen molar-refractivity contribution in [2.75, 3.05) is 0 Å². The second-order valence-electron chi connectivity index (χ2n) is 4.28. The molecule has 0 amide bonds. The minimum absolute atomic E-state index is 1.05. The topological polar surface area (TPSA) is 0 Å². The van der Waals surface area contributed by atoms with Gasteiger partial charge in [-0.05, 0) is 59.4 Å².